The molecule has 0 amide bonds. The lowest BCUT2D eigenvalue weighted by molar-refractivity contribution is -0.147. The first-order valence-corrected chi connectivity index (χ1v) is 6.33. The van der Waals surface area contributed by atoms with Crippen LogP contribution in [0.3, 0.4) is 0 Å². The second kappa shape index (κ2) is 6.54. The molecule has 0 spiro atoms. The van der Waals surface area contributed by atoms with Crippen LogP contribution in [0.5, 0.6) is 0 Å². The van der Waals surface area contributed by atoms with Crippen LogP contribution >= 0.6 is 0 Å². The highest BCUT2D eigenvalue weighted by atomic mass is 16.5. The number of aromatic nitrogens is 2. The summed E-state index contributed by atoms with van der Waals surface area (Å²) in [5.41, 5.74) is 3.39. The minimum Gasteiger partial charge on any atom is -0.466 e. The van der Waals surface area contributed by atoms with E-state index in [1.807, 2.05) is 39.4 Å². The number of nitrogens with zero attached hydrogens (tertiary/aromatic N) is 2. The molecule has 1 unspecified atom stereocenters. The fourth-order valence-corrected chi connectivity index (χ4v) is 1.85. The number of ether oxygens (including phenoxy) is 1. The Kier molecular flexibility index (Phi) is 5.34. The second-order valence-electron chi connectivity index (χ2n) is 4.56. The van der Waals surface area contributed by atoms with E-state index >= 15 is 0 Å². The predicted molar refractivity (Wildman–Crippen MR) is 70.2 cm³/mol. The average molecular weight is 253 g/mol. The van der Waals surface area contributed by atoms with Gasteiger partial charge in [0.2, 0.25) is 0 Å². The zero-order chi connectivity index (χ0) is 13.7. The molecular weight excluding hydrogens is 230 g/mol. The van der Waals surface area contributed by atoms with Crippen LogP contribution in [0.2, 0.25) is 0 Å². The van der Waals surface area contributed by atoms with Crippen LogP contribution in [-0.4, -0.2) is 28.9 Å². The number of hydrogen-bond donors (Lipinski definition) is 1. The number of aryl methyl sites for hydroxylation is 2. The summed E-state index contributed by atoms with van der Waals surface area (Å²) in [6.45, 7) is 9.52. The van der Waals surface area contributed by atoms with E-state index in [1.54, 1.807) is 0 Å². The molecule has 1 heterocycles. The number of nitrogens with one attached hydrogen (secondary N) is 1. The van der Waals surface area contributed by atoms with Crippen molar-refractivity contribution in [3.63, 3.8) is 0 Å². The van der Waals surface area contributed by atoms with Gasteiger partial charge in [-0.3, -0.25) is 9.48 Å². The van der Waals surface area contributed by atoms with Crippen molar-refractivity contribution in [3.05, 3.63) is 17.0 Å². The first kappa shape index (κ1) is 14.7. The first-order valence-electron chi connectivity index (χ1n) is 6.33. The average Bonchev–Trinajstić information content (AvgIpc) is 2.55. The predicted octanol–water partition coefficient (Wildman–Crippen LogP) is 1.33. The minimum atomic E-state index is -0.148. The van der Waals surface area contributed by atoms with Gasteiger partial charge in [0.05, 0.1) is 18.2 Å². The molecule has 0 saturated carbocycles. The van der Waals surface area contributed by atoms with Gasteiger partial charge in [-0.15, -0.1) is 0 Å². The summed E-state index contributed by atoms with van der Waals surface area (Å²) in [6.07, 6.45) is 0. The summed E-state index contributed by atoms with van der Waals surface area (Å²) in [7, 11) is 1.94. The maximum absolute atomic E-state index is 11.4. The molecule has 0 aromatic carbocycles. The molecule has 1 aromatic rings. The van der Waals surface area contributed by atoms with Crippen LogP contribution in [0, 0.1) is 19.8 Å². The van der Waals surface area contributed by atoms with Crippen molar-refractivity contribution >= 4 is 5.97 Å². The van der Waals surface area contributed by atoms with E-state index in [9.17, 15) is 4.79 Å². The van der Waals surface area contributed by atoms with Crippen molar-refractivity contribution in [1.29, 1.82) is 0 Å². The second-order valence-corrected chi connectivity index (χ2v) is 4.56. The van der Waals surface area contributed by atoms with Crippen LogP contribution in [0.25, 0.3) is 0 Å². The van der Waals surface area contributed by atoms with Crippen LogP contribution in [0.15, 0.2) is 0 Å². The van der Waals surface area contributed by atoms with E-state index in [4.69, 9.17) is 4.74 Å². The highest BCUT2D eigenvalue weighted by Crippen LogP contribution is 2.11. The van der Waals surface area contributed by atoms with Crippen LogP contribution in [-0.2, 0) is 23.1 Å². The Hall–Kier alpha value is -1.36. The van der Waals surface area contributed by atoms with E-state index in [1.165, 1.54) is 5.56 Å². The molecule has 18 heavy (non-hydrogen) atoms. The van der Waals surface area contributed by atoms with E-state index in [0.717, 1.165) is 17.9 Å². The number of hydrogen-bond acceptors (Lipinski definition) is 4. The van der Waals surface area contributed by atoms with E-state index < -0.39 is 0 Å². The maximum atomic E-state index is 11.4. The van der Waals surface area contributed by atoms with Gasteiger partial charge in [-0.2, -0.15) is 5.10 Å². The standard InChI is InChI=1S/C13H23N3O2/c1-6-18-13(17)9(2)7-14-8-12-10(3)15-16(5)11(12)4/h9,14H,6-8H2,1-5H3. The van der Waals surface area contributed by atoms with Crippen molar-refractivity contribution in [2.75, 3.05) is 13.2 Å². The molecule has 5 heteroatoms. The Balaban J connectivity index is 2.44. The summed E-state index contributed by atoms with van der Waals surface area (Å²) in [5.74, 6) is -0.271. The van der Waals surface area contributed by atoms with Crippen molar-refractivity contribution in [1.82, 2.24) is 15.1 Å². The summed E-state index contributed by atoms with van der Waals surface area (Å²) in [5, 5.41) is 7.64. The lowest BCUT2D eigenvalue weighted by Crippen LogP contribution is -2.27. The fourth-order valence-electron chi connectivity index (χ4n) is 1.85. The third-order valence-corrected chi connectivity index (χ3v) is 3.10. The Morgan fingerprint density at radius 2 is 2.17 bits per heavy atom. The van der Waals surface area contributed by atoms with Crippen LogP contribution in [0.4, 0.5) is 0 Å². The van der Waals surface area contributed by atoms with Gasteiger partial charge >= 0.3 is 5.97 Å². The van der Waals surface area contributed by atoms with Gasteiger partial charge in [-0.05, 0) is 20.8 Å². The Bertz CT molecular complexity index is 413. The topological polar surface area (TPSA) is 56.1 Å². The molecule has 1 N–H and O–H groups in total. The first-order chi connectivity index (χ1) is 8.47. The molecule has 0 aliphatic rings. The minimum absolute atomic E-state index is 0.123. The van der Waals surface area contributed by atoms with Crippen LogP contribution in [0.1, 0.15) is 30.8 Å². The highest BCUT2D eigenvalue weighted by Gasteiger charge is 2.14. The fraction of sp³-hybridized carbons (Fsp3) is 0.692. The number of carbonyl (C=O) groups is 1. The largest absolute Gasteiger partial charge is 0.466 e. The molecule has 0 aliphatic heterocycles. The summed E-state index contributed by atoms with van der Waals surface area (Å²) < 4.78 is 6.84. The Morgan fingerprint density at radius 3 is 2.67 bits per heavy atom. The number of esters is 1. The van der Waals surface area contributed by atoms with Gasteiger partial charge in [0.1, 0.15) is 0 Å². The molecule has 0 aliphatic carbocycles. The molecule has 0 fully saturated rings. The van der Waals surface area contributed by atoms with Gasteiger partial charge in [-0.25, -0.2) is 0 Å². The van der Waals surface area contributed by atoms with Crippen molar-refractivity contribution in [3.8, 4) is 0 Å². The quantitative estimate of drug-likeness (QED) is 0.777. The molecule has 5 nitrogen and oxygen atoms in total. The van der Waals surface area contributed by atoms with Gasteiger partial charge in [0.15, 0.2) is 0 Å². The smallest absolute Gasteiger partial charge is 0.309 e. The maximum Gasteiger partial charge on any atom is 0.309 e. The van der Waals surface area contributed by atoms with E-state index in [2.05, 4.69) is 10.4 Å². The molecule has 102 valence electrons. The van der Waals surface area contributed by atoms with Gasteiger partial charge < -0.3 is 10.1 Å². The third-order valence-electron chi connectivity index (χ3n) is 3.10. The summed E-state index contributed by atoms with van der Waals surface area (Å²) in [6, 6.07) is 0. The molecular formula is C13H23N3O2. The molecule has 0 radical (unpaired) electrons. The van der Waals surface area contributed by atoms with Crippen molar-refractivity contribution < 1.29 is 9.53 Å². The zero-order valence-electron chi connectivity index (χ0n) is 11.9. The lowest BCUT2D eigenvalue weighted by Gasteiger charge is -2.11. The van der Waals surface area contributed by atoms with Crippen LogP contribution < -0.4 is 5.32 Å². The van der Waals surface area contributed by atoms with Gasteiger partial charge in [0.25, 0.3) is 0 Å². The van der Waals surface area contributed by atoms with E-state index in [-0.39, 0.29) is 11.9 Å². The monoisotopic (exact) mass is 253 g/mol. The molecule has 1 rings (SSSR count). The van der Waals surface area contributed by atoms with Crippen molar-refractivity contribution in [2.45, 2.75) is 34.2 Å². The molecule has 0 saturated heterocycles. The highest BCUT2D eigenvalue weighted by molar-refractivity contribution is 5.72. The lowest BCUT2D eigenvalue weighted by atomic mass is 10.1. The summed E-state index contributed by atoms with van der Waals surface area (Å²) in [4.78, 5) is 11.4. The van der Waals surface area contributed by atoms with Gasteiger partial charge in [-0.1, -0.05) is 6.92 Å². The van der Waals surface area contributed by atoms with E-state index in [0.29, 0.717) is 13.2 Å². The Morgan fingerprint density at radius 1 is 1.50 bits per heavy atom. The Labute approximate surface area is 109 Å². The number of rotatable bonds is 6. The molecule has 1 aromatic heterocycles. The SMILES string of the molecule is CCOC(=O)C(C)CNCc1c(C)nn(C)c1C. The van der Waals surface area contributed by atoms with Crippen molar-refractivity contribution in [2.24, 2.45) is 13.0 Å². The zero-order valence-corrected chi connectivity index (χ0v) is 11.9. The normalized spacial score (nSPS) is 12.5. The molecule has 0 bridgehead atoms. The number of carbonyl (C=O) groups excluding carboxylic acids is 1. The van der Waals surface area contributed by atoms with Gasteiger partial charge in [0, 0.05) is 31.4 Å². The summed E-state index contributed by atoms with van der Waals surface area (Å²) >= 11 is 0. The molecule has 1 atom stereocenters. The third kappa shape index (κ3) is 3.57.